The van der Waals surface area contributed by atoms with E-state index in [0.29, 0.717) is 58.2 Å². The van der Waals surface area contributed by atoms with Gasteiger partial charge >= 0.3 is 20.0 Å². The summed E-state index contributed by atoms with van der Waals surface area (Å²) in [7, 11) is -1.89. The summed E-state index contributed by atoms with van der Waals surface area (Å²) in [5.41, 5.74) is -1.87. The molecular formula is C45H49N3O8SSi. The first kappa shape index (κ1) is 40.8. The summed E-state index contributed by atoms with van der Waals surface area (Å²) in [6, 6.07) is 26.9. The minimum absolute atomic E-state index is 0.0365. The predicted octanol–water partition coefficient (Wildman–Crippen LogP) is 7.30. The lowest BCUT2D eigenvalue weighted by Gasteiger charge is -2.43. The van der Waals surface area contributed by atoms with E-state index in [1.54, 1.807) is 27.9 Å². The highest BCUT2D eigenvalue weighted by Crippen LogP contribution is 2.40. The molecule has 1 atom stereocenters. The molecule has 1 aliphatic carbocycles. The fraction of sp³-hybridized carbons (Fsp3) is 0.356. The Balaban J connectivity index is 1.43. The van der Waals surface area contributed by atoms with Crippen LogP contribution in [0.25, 0.3) is 21.0 Å². The number of ether oxygens (including phenoxy) is 2. The summed E-state index contributed by atoms with van der Waals surface area (Å²) >= 11 is 1.22. The van der Waals surface area contributed by atoms with Crippen molar-refractivity contribution in [3.63, 3.8) is 0 Å². The quantitative estimate of drug-likeness (QED) is 0.117. The number of para-hydroxylation sites is 1. The van der Waals surface area contributed by atoms with Crippen LogP contribution < -0.4 is 26.4 Å². The molecule has 7 rings (SSSR count). The maximum atomic E-state index is 15.3. The molecule has 0 aliphatic heterocycles. The zero-order valence-corrected chi connectivity index (χ0v) is 35.8. The molecule has 0 unspecified atom stereocenters. The lowest BCUT2D eigenvalue weighted by molar-refractivity contribution is -0.144. The van der Waals surface area contributed by atoms with Crippen molar-refractivity contribution in [1.82, 2.24) is 14.1 Å². The van der Waals surface area contributed by atoms with Gasteiger partial charge in [0.05, 0.1) is 36.2 Å². The van der Waals surface area contributed by atoms with Crippen molar-refractivity contribution in [2.24, 2.45) is 0 Å². The van der Waals surface area contributed by atoms with E-state index >= 15 is 9.59 Å². The number of rotatable bonds is 12. The van der Waals surface area contributed by atoms with Gasteiger partial charge in [-0.3, -0.25) is 19.0 Å². The van der Waals surface area contributed by atoms with Crippen molar-refractivity contribution in [3.05, 3.63) is 129 Å². The average Bonchev–Trinajstić information content (AvgIpc) is 3.87. The third-order valence-electron chi connectivity index (χ3n) is 11.2. The number of Topliss-reactive ketones (excluding diaryl/α,β-unsaturated/α-hetero) is 1. The summed E-state index contributed by atoms with van der Waals surface area (Å²) in [6.07, 6.45) is 3.89. The van der Waals surface area contributed by atoms with Gasteiger partial charge < -0.3 is 18.3 Å². The van der Waals surface area contributed by atoms with Gasteiger partial charge in [-0.1, -0.05) is 99.6 Å². The smallest absolute Gasteiger partial charge is 0.333 e. The molecule has 3 heterocycles. The Kier molecular flexibility index (Phi) is 11.3. The maximum Gasteiger partial charge on any atom is 0.333 e. The van der Waals surface area contributed by atoms with Crippen molar-refractivity contribution in [2.75, 3.05) is 7.11 Å². The van der Waals surface area contributed by atoms with Crippen LogP contribution in [-0.2, 0) is 30.8 Å². The van der Waals surface area contributed by atoms with Gasteiger partial charge in [0.15, 0.2) is 0 Å². The fourth-order valence-corrected chi connectivity index (χ4v) is 13.8. The van der Waals surface area contributed by atoms with E-state index in [1.165, 1.54) is 28.4 Å². The number of aromatic nitrogens is 3. The summed E-state index contributed by atoms with van der Waals surface area (Å²) in [5.74, 6) is 0.351. The highest BCUT2D eigenvalue weighted by Gasteiger charge is 2.55. The standard InChI is InChI=1S/C45H49N3O8SSi/c1-29-37-40(50)48(45(5,6)42(51)56-58(44(2,3)4,32-16-10-8-11-17-32)33-18-12-9-13-19-33)43(52)47(41(37)57-38(29)39-46-26-27-54-39)28-36(34-20-14-15-21-35(34)53-7)55-31-24-22-30(49)23-25-31/h8-21,26-27,31,36H,22-25,28H2,1-7H3/t36-/m0/s1. The Morgan fingerprint density at radius 3 is 2.09 bits per heavy atom. The topological polar surface area (TPSA) is 132 Å². The number of carbonyl (C=O) groups excluding carboxylic acids is 2. The Bertz CT molecular complexity index is 2500. The number of carbonyl (C=O) groups is 2. The number of aryl methyl sites for hydroxylation is 1. The third-order valence-corrected chi connectivity index (χ3v) is 17.4. The first-order chi connectivity index (χ1) is 27.7. The van der Waals surface area contributed by atoms with Crippen LogP contribution in [0.5, 0.6) is 5.75 Å². The van der Waals surface area contributed by atoms with Gasteiger partial charge in [0.25, 0.3) is 5.56 Å². The number of hydrogen-bond acceptors (Lipinski definition) is 10. The molecule has 302 valence electrons. The number of nitrogens with zero attached hydrogens (tertiary/aromatic N) is 3. The number of fused-ring (bicyclic) bond motifs is 1. The van der Waals surface area contributed by atoms with Gasteiger partial charge in [0.2, 0.25) is 5.89 Å². The van der Waals surface area contributed by atoms with Crippen molar-refractivity contribution in [2.45, 2.75) is 96.6 Å². The van der Waals surface area contributed by atoms with Gasteiger partial charge in [-0.15, -0.1) is 11.3 Å². The lowest BCUT2D eigenvalue weighted by Crippen LogP contribution is -2.69. The van der Waals surface area contributed by atoms with Gasteiger partial charge in [-0.05, 0) is 60.7 Å². The van der Waals surface area contributed by atoms with Crippen LogP contribution in [0.2, 0.25) is 5.04 Å². The van der Waals surface area contributed by atoms with Gasteiger partial charge in [-0.25, -0.2) is 14.3 Å². The molecule has 3 aromatic carbocycles. The van der Waals surface area contributed by atoms with Crippen LogP contribution in [0.3, 0.4) is 0 Å². The zero-order chi connectivity index (χ0) is 41.4. The fourth-order valence-electron chi connectivity index (χ4n) is 8.14. The molecule has 0 saturated heterocycles. The van der Waals surface area contributed by atoms with E-state index in [1.807, 2.05) is 84.9 Å². The van der Waals surface area contributed by atoms with Crippen molar-refractivity contribution in [3.8, 4) is 16.5 Å². The molecular weight excluding hydrogens is 771 g/mol. The minimum Gasteiger partial charge on any atom is -0.508 e. The van der Waals surface area contributed by atoms with Crippen molar-refractivity contribution >= 4 is 52.0 Å². The number of thiophene rings is 1. The molecule has 3 aromatic heterocycles. The number of hydrogen-bond donors (Lipinski definition) is 0. The van der Waals surface area contributed by atoms with E-state index in [2.05, 4.69) is 25.8 Å². The van der Waals surface area contributed by atoms with E-state index in [0.717, 1.165) is 14.9 Å². The van der Waals surface area contributed by atoms with Crippen LogP contribution in [0, 0.1) is 6.92 Å². The highest BCUT2D eigenvalue weighted by atomic mass is 32.1. The second-order valence-corrected chi connectivity index (χ2v) is 21.5. The Labute approximate surface area is 342 Å². The monoisotopic (exact) mass is 819 g/mol. The first-order valence-corrected chi connectivity index (χ1v) is 22.2. The molecule has 1 saturated carbocycles. The van der Waals surface area contributed by atoms with Crippen molar-refractivity contribution in [1.29, 1.82) is 0 Å². The molecule has 0 N–H and O–H groups in total. The van der Waals surface area contributed by atoms with Crippen LogP contribution in [0.15, 0.2) is 111 Å². The average molecular weight is 820 g/mol. The van der Waals surface area contributed by atoms with Gasteiger partial charge in [0, 0.05) is 18.4 Å². The molecule has 11 nitrogen and oxygen atoms in total. The molecule has 0 spiro atoms. The minimum atomic E-state index is -3.46. The van der Waals surface area contributed by atoms with Crippen LogP contribution in [-0.4, -0.2) is 47.4 Å². The highest BCUT2D eigenvalue weighted by molar-refractivity contribution is 7.22. The predicted molar refractivity (Wildman–Crippen MR) is 228 cm³/mol. The van der Waals surface area contributed by atoms with Crippen LogP contribution in [0.4, 0.5) is 0 Å². The van der Waals surface area contributed by atoms with E-state index < -0.39 is 42.2 Å². The molecule has 1 aliphatic rings. The van der Waals surface area contributed by atoms with Gasteiger partial charge in [-0.2, -0.15) is 0 Å². The summed E-state index contributed by atoms with van der Waals surface area (Å²) in [4.78, 5) is 62.9. The molecule has 0 amide bonds. The number of methoxy groups -OCH3 is 1. The normalized spacial score (nSPS) is 14.8. The van der Waals surface area contributed by atoms with Crippen LogP contribution >= 0.6 is 11.3 Å². The number of benzene rings is 3. The lowest BCUT2D eigenvalue weighted by atomic mass is 9.96. The van der Waals surface area contributed by atoms with E-state index in [9.17, 15) is 9.59 Å². The molecule has 6 aromatic rings. The molecule has 1 fully saturated rings. The SMILES string of the molecule is COc1ccccc1[C@H](Cn1c(=O)n(C(C)(C)C(=O)O[Si](c2ccccc2)(c2ccccc2)C(C)(C)C)c(=O)c2c(C)c(-c3ncco3)sc21)OC1CCC(=O)CC1. The van der Waals surface area contributed by atoms with Gasteiger partial charge in [0.1, 0.15) is 34.3 Å². The second kappa shape index (κ2) is 16.1. The largest absolute Gasteiger partial charge is 0.508 e. The maximum absolute atomic E-state index is 15.3. The molecule has 0 radical (unpaired) electrons. The zero-order valence-electron chi connectivity index (χ0n) is 33.9. The second-order valence-electron chi connectivity index (χ2n) is 16.3. The van der Waals surface area contributed by atoms with Crippen LogP contribution in [0.1, 0.15) is 77.5 Å². The Hall–Kier alpha value is -5.37. The molecule has 0 bridgehead atoms. The van der Waals surface area contributed by atoms with E-state index in [-0.39, 0.29) is 23.8 Å². The Morgan fingerprint density at radius 1 is 0.914 bits per heavy atom. The number of ketones is 1. The summed E-state index contributed by atoms with van der Waals surface area (Å²) < 4.78 is 27.8. The molecule has 58 heavy (non-hydrogen) atoms. The summed E-state index contributed by atoms with van der Waals surface area (Å²) in [6.45, 7) is 11.1. The first-order valence-electron chi connectivity index (χ1n) is 19.5. The molecule has 13 heteroatoms. The van der Waals surface area contributed by atoms with Crippen molar-refractivity contribution < 1.29 is 27.9 Å². The van der Waals surface area contributed by atoms with E-state index in [4.69, 9.17) is 18.3 Å². The Morgan fingerprint density at radius 2 is 1.52 bits per heavy atom. The summed E-state index contributed by atoms with van der Waals surface area (Å²) in [5, 5.41) is 1.45. The number of oxazole rings is 1. The third kappa shape index (κ3) is 7.31.